The van der Waals surface area contributed by atoms with Crippen LogP contribution in [-0.2, 0) is 9.84 Å². The smallest absolute Gasteiger partial charge is 0.244 e. The minimum Gasteiger partial charge on any atom is -0.507 e. The number of aliphatic hydroxyl groups is 1. The Hall–Kier alpha value is -3.50. The van der Waals surface area contributed by atoms with E-state index >= 15 is 0 Å². The maximum Gasteiger partial charge on any atom is 0.244 e. The highest BCUT2D eigenvalue weighted by Gasteiger charge is 2.28. The first-order chi connectivity index (χ1) is 13.9. The average Bonchev–Trinajstić information content (AvgIpc) is 3.36. The van der Waals surface area contributed by atoms with E-state index in [1.54, 1.807) is 30.3 Å². The summed E-state index contributed by atoms with van der Waals surface area (Å²) >= 11 is 6.06. The number of H-pyrrole nitrogens is 2. The second-order valence-corrected chi connectivity index (χ2v) is 8.29. The number of tetrazole rings is 1. The molecule has 4 rings (SSSR count). The molecular weight excluding hydrogens is 418 g/mol. The Morgan fingerprint density at radius 1 is 1.14 bits per heavy atom. The molecule has 0 aliphatic rings. The Labute approximate surface area is 168 Å². The molecule has 0 saturated carbocycles. The highest BCUT2D eigenvalue weighted by atomic mass is 35.5. The SMILES string of the molecule is O=C(/C=C(\O)c1c(S(=O)(=O)c2ccccc2)[nH]c2ccc(Cl)cc12)c1nn[nH]n1. The van der Waals surface area contributed by atoms with Gasteiger partial charge in [-0.3, -0.25) is 4.79 Å². The summed E-state index contributed by atoms with van der Waals surface area (Å²) in [5.74, 6) is -1.61. The minimum absolute atomic E-state index is 0.0243. The van der Waals surface area contributed by atoms with Crippen LogP contribution in [0.1, 0.15) is 16.2 Å². The molecular formula is C18H12ClN5O4S. The zero-order valence-corrected chi connectivity index (χ0v) is 16.1. The van der Waals surface area contributed by atoms with Crippen LogP contribution in [0.5, 0.6) is 0 Å². The molecule has 9 nitrogen and oxygen atoms in total. The number of sulfone groups is 1. The summed E-state index contributed by atoms with van der Waals surface area (Å²) in [6.45, 7) is 0. The monoisotopic (exact) mass is 429 g/mol. The fraction of sp³-hybridized carbons (Fsp3) is 0. The van der Waals surface area contributed by atoms with E-state index in [9.17, 15) is 18.3 Å². The molecule has 0 amide bonds. The van der Waals surface area contributed by atoms with Crippen LogP contribution in [0.4, 0.5) is 0 Å². The first-order valence-corrected chi connectivity index (χ1v) is 10.0. The number of aliphatic hydroxyl groups excluding tert-OH is 1. The molecule has 2 aromatic heterocycles. The van der Waals surface area contributed by atoms with Gasteiger partial charge in [0, 0.05) is 22.0 Å². The third-order valence-electron chi connectivity index (χ3n) is 4.14. The van der Waals surface area contributed by atoms with E-state index in [4.69, 9.17) is 11.6 Å². The van der Waals surface area contributed by atoms with Gasteiger partial charge in [-0.25, -0.2) is 8.42 Å². The van der Waals surface area contributed by atoms with E-state index in [-0.39, 0.29) is 21.3 Å². The number of hydrogen-bond acceptors (Lipinski definition) is 7. The van der Waals surface area contributed by atoms with Crippen molar-refractivity contribution >= 4 is 43.9 Å². The van der Waals surface area contributed by atoms with Gasteiger partial charge in [0.15, 0.2) is 0 Å². The summed E-state index contributed by atoms with van der Waals surface area (Å²) in [5, 5.41) is 23.6. The van der Waals surface area contributed by atoms with Crippen LogP contribution in [0.15, 0.2) is 64.5 Å². The van der Waals surface area contributed by atoms with Crippen LogP contribution < -0.4 is 0 Å². The van der Waals surface area contributed by atoms with Gasteiger partial charge in [0.2, 0.25) is 21.4 Å². The topological polar surface area (TPSA) is 142 Å². The highest BCUT2D eigenvalue weighted by molar-refractivity contribution is 7.91. The lowest BCUT2D eigenvalue weighted by Gasteiger charge is -2.06. The molecule has 29 heavy (non-hydrogen) atoms. The maximum absolute atomic E-state index is 13.2. The summed E-state index contributed by atoms with van der Waals surface area (Å²) in [6, 6.07) is 12.4. The van der Waals surface area contributed by atoms with Crippen LogP contribution in [0, 0.1) is 0 Å². The van der Waals surface area contributed by atoms with Crippen molar-refractivity contribution in [3.8, 4) is 0 Å². The lowest BCUT2D eigenvalue weighted by atomic mass is 10.1. The molecule has 0 saturated heterocycles. The molecule has 0 aliphatic heterocycles. The number of carbonyl (C=O) groups excluding carboxylic acids is 1. The number of aromatic amines is 2. The number of ketones is 1. The summed E-state index contributed by atoms with van der Waals surface area (Å²) in [6.07, 6.45) is 0.832. The molecule has 3 N–H and O–H groups in total. The van der Waals surface area contributed by atoms with E-state index < -0.39 is 21.4 Å². The number of carbonyl (C=O) groups is 1. The van der Waals surface area contributed by atoms with Crippen molar-refractivity contribution in [2.75, 3.05) is 0 Å². The van der Waals surface area contributed by atoms with Gasteiger partial charge < -0.3 is 10.1 Å². The van der Waals surface area contributed by atoms with Gasteiger partial charge in [0.1, 0.15) is 10.8 Å². The zero-order valence-electron chi connectivity index (χ0n) is 14.5. The predicted octanol–water partition coefficient (Wildman–Crippen LogP) is 2.95. The quantitative estimate of drug-likeness (QED) is 0.251. The molecule has 0 bridgehead atoms. The second-order valence-electron chi connectivity index (χ2n) is 5.96. The lowest BCUT2D eigenvalue weighted by molar-refractivity contribution is 0.103. The van der Waals surface area contributed by atoms with Crippen molar-refractivity contribution in [1.82, 2.24) is 25.6 Å². The Morgan fingerprint density at radius 3 is 2.59 bits per heavy atom. The van der Waals surface area contributed by atoms with Crippen molar-refractivity contribution in [2.45, 2.75) is 9.92 Å². The van der Waals surface area contributed by atoms with Crippen molar-refractivity contribution in [3.63, 3.8) is 0 Å². The number of nitrogens with zero attached hydrogens (tertiary/aromatic N) is 3. The van der Waals surface area contributed by atoms with E-state index in [0.29, 0.717) is 15.9 Å². The predicted molar refractivity (Wildman–Crippen MR) is 104 cm³/mol. The molecule has 4 aromatic rings. The maximum atomic E-state index is 13.2. The van der Waals surface area contributed by atoms with Crippen molar-refractivity contribution in [3.05, 3.63) is 71.0 Å². The molecule has 146 valence electrons. The Morgan fingerprint density at radius 2 is 1.90 bits per heavy atom. The van der Waals surface area contributed by atoms with Gasteiger partial charge in [-0.1, -0.05) is 29.8 Å². The third kappa shape index (κ3) is 3.39. The van der Waals surface area contributed by atoms with Gasteiger partial charge in [-0.15, -0.1) is 10.2 Å². The number of benzene rings is 2. The van der Waals surface area contributed by atoms with Gasteiger partial charge in [-0.05, 0) is 35.5 Å². The first kappa shape index (κ1) is 18.8. The Kier molecular flexibility index (Phi) is 4.65. The summed E-state index contributed by atoms with van der Waals surface area (Å²) in [4.78, 5) is 15.1. The van der Waals surface area contributed by atoms with Crippen LogP contribution in [0.3, 0.4) is 0 Å². The molecule has 11 heteroatoms. The molecule has 0 fully saturated rings. The molecule has 0 spiro atoms. The number of nitrogens with one attached hydrogen (secondary N) is 2. The number of fused-ring (bicyclic) bond motifs is 1. The van der Waals surface area contributed by atoms with Crippen LogP contribution in [0.2, 0.25) is 5.02 Å². The Balaban J connectivity index is 1.96. The van der Waals surface area contributed by atoms with Crippen molar-refractivity contribution in [1.29, 1.82) is 0 Å². The summed E-state index contributed by atoms with van der Waals surface area (Å²) in [5.41, 5.74) is 0.342. The number of rotatable bonds is 5. The number of halogens is 1. The molecule has 0 radical (unpaired) electrons. The van der Waals surface area contributed by atoms with Gasteiger partial charge in [0.05, 0.1) is 10.5 Å². The van der Waals surface area contributed by atoms with E-state index in [1.807, 2.05) is 0 Å². The van der Waals surface area contributed by atoms with Gasteiger partial charge >= 0.3 is 0 Å². The average molecular weight is 430 g/mol. The van der Waals surface area contributed by atoms with Gasteiger partial charge in [0.25, 0.3) is 0 Å². The number of aromatic nitrogens is 5. The normalized spacial score (nSPS) is 12.4. The van der Waals surface area contributed by atoms with Gasteiger partial charge in [-0.2, -0.15) is 5.21 Å². The minimum atomic E-state index is -4.04. The van der Waals surface area contributed by atoms with E-state index in [0.717, 1.165) is 6.08 Å². The number of hydrogen-bond donors (Lipinski definition) is 3. The third-order valence-corrected chi connectivity index (χ3v) is 6.11. The van der Waals surface area contributed by atoms with E-state index in [2.05, 4.69) is 25.6 Å². The van der Waals surface area contributed by atoms with Crippen LogP contribution in [-0.4, -0.2) is 44.9 Å². The Bertz CT molecular complexity index is 1350. The highest BCUT2D eigenvalue weighted by Crippen LogP contribution is 2.35. The van der Waals surface area contributed by atoms with E-state index in [1.165, 1.54) is 18.2 Å². The van der Waals surface area contributed by atoms with Crippen LogP contribution in [0.25, 0.3) is 16.7 Å². The second kappa shape index (κ2) is 7.15. The van der Waals surface area contributed by atoms with Crippen molar-refractivity contribution in [2.24, 2.45) is 0 Å². The standard InChI is InChI=1S/C18H12ClN5O4S/c19-10-6-7-13-12(8-10)16(14(25)9-15(26)17-21-23-24-22-17)18(20-13)29(27,28)11-4-2-1-3-5-11/h1-9,20,25H,(H,21,22,23,24)/b14-9-. The molecule has 2 heterocycles. The first-order valence-electron chi connectivity index (χ1n) is 8.18. The fourth-order valence-corrected chi connectivity index (χ4v) is 4.49. The summed E-state index contributed by atoms with van der Waals surface area (Å²) in [7, 11) is -4.04. The molecule has 2 aromatic carbocycles. The van der Waals surface area contributed by atoms with Crippen molar-refractivity contribution < 1.29 is 18.3 Å². The molecule has 0 atom stereocenters. The summed E-state index contributed by atoms with van der Waals surface area (Å²) < 4.78 is 26.4. The largest absolute Gasteiger partial charge is 0.507 e. The number of allylic oxidation sites excluding steroid dienone is 1. The molecule has 0 unspecified atom stereocenters. The fourth-order valence-electron chi connectivity index (χ4n) is 2.84. The van der Waals surface area contributed by atoms with Crippen LogP contribution >= 0.6 is 11.6 Å². The molecule has 0 aliphatic carbocycles. The lowest BCUT2D eigenvalue weighted by Crippen LogP contribution is -2.06. The zero-order chi connectivity index (χ0) is 20.6.